The van der Waals surface area contributed by atoms with Crippen molar-refractivity contribution in [1.82, 2.24) is 4.31 Å². The average molecular weight is 409 g/mol. The number of amides is 1. The van der Waals surface area contributed by atoms with E-state index in [1.165, 1.54) is 28.6 Å². The summed E-state index contributed by atoms with van der Waals surface area (Å²) in [4.78, 5) is 12.5. The van der Waals surface area contributed by atoms with Crippen LogP contribution in [0.5, 0.6) is 0 Å². The van der Waals surface area contributed by atoms with E-state index in [0.29, 0.717) is 29.4 Å². The molecule has 1 fully saturated rings. The topological polar surface area (TPSA) is 75.7 Å². The van der Waals surface area contributed by atoms with Gasteiger partial charge >= 0.3 is 0 Å². The molecule has 0 aromatic heterocycles. The van der Waals surface area contributed by atoms with Gasteiger partial charge < -0.3 is 10.1 Å². The molecule has 1 amide bonds. The zero-order valence-electron chi connectivity index (χ0n) is 15.1. The Morgan fingerprint density at radius 1 is 1.04 bits per heavy atom. The van der Waals surface area contributed by atoms with E-state index in [1.807, 2.05) is 13.8 Å². The minimum Gasteiger partial charge on any atom is -0.373 e. The molecule has 0 saturated carbocycles. The highest BCUT2D eigenvalue weighted by Gasteiger charge is 2.32. The lowest BCUT2D eigenvalue weighted by molar-refractivity contribution is -0.0440. The number of nitrogens with zero attached hydrogens (tertiary/aromatic N) is 1. The van der Waals surface area contributed by atoms with Crippen LogP contribution in [0.3, 0.4) is 0 Å². The van der Waals surface area contributed by atoms with Gasteiger partial charge in [-0.3, -0.25) is 4.79 Å². The molecule has 2 atom stereocenters. The molecule has 2 aromatic carbocycles. The van der Waals surface area contributed by atoms with Crippen LogP contribution in [0, 0.1) is 0 Å². The third-order valence-corrected chi connectivity index (χ3v) is 6.34. The first-order valence-electron chi connectivity index (χ1n) is 8.58. The fourth-order valence-corrected chi connectivity index (χ4v) is 4.71. The lowest BCUT2D eigenvalue weighted by Crippen LogP contribution is -2.48. The third kappa shape index (κ3) is 4.68. The third-order valence-electron chi connectivity index (χ3n) is 4.24. The minimum atomic E-state index is -3.63. The highest BCUT2D eigenvalue weighted by Crippen LogP contribution is 2.22. The fourth-order valence-electron chi connectivity index (χ4n) is 2.99. The maximum Gasteiger partial charge on any atom is 0.255 e. The maximum absolute atomic E-state index is 12.8. The van der Waals surface area contributed by atoms with Gasteiger partial charge in [-0.2, -0.15) is 4.31 Å². The Hall–Kier alpha value is -1.93. The van der Waals surface area contributed by atoms with Crippen LogP contribution in [0.1, 0.15) is 24.2 Å². The molecule has 144 valence electrons. The van der Waals surface area contributed by atoms with Crippen molar-refractivity contribution >= 4 is 33.2 Å². The van der Waals surface area contributed by atoms with Crippen LogP contribution in [0.15, 0.2) is 53.4 Å². The predicted molar refractivity (Wildman–Crippen MR) is 105 cm³/mol. The molecule has 27 heavy (non-hydrogen) atoms. The molecule has 6 nitrogen and oxygen atoms in total. The molecule has 1 saturated heterocycles. The second-order valence-corrected chi connectivity index (χ2v) is 8.94. The van der Waals surface area contributed by atoms with Crippen LogP contribution in [-0.2, 0) is 14.8 Å². The Morgan fingerprint density at radius 3 is 2.15 bits per heavy atom. The molecular formula is C19H21ClN2O4S. The van der Waals surface area contributed by atoms with E-state index in [2.05, 4.69) is 5.32 Å². The summed E-state index contributed by atoms with van der Waals surface area (Å²) in [5.74, 6) is -0.324. The number of carbonyl (C=O) groups excluding carboxylic acids is 1. The van der Waals surface area contributed by atoms with E-state index >= 15 is 0 Å². The van der Waals surface area contributed by atoms with Crippen LogP contribution in [0.2, 0.25) is 5.02 Å². The van der Waals surface area contributed by atoms with Crippen molar-refractivity contribution in [3.05, 3.63) is 59.1 Å². The van der Waals surface area contributed by atoms with Crippen LogP contribution in [0.25, 0.3) is 0 Å². The summed E-state index contributed by atoms with van der Waals surface area (Å²) in [5.41, 5.74) is 0.977. The Kier molecular flexibility index (Phi) is 5.86. The summed E-state index contributed by atoms with van der Waals surface area (Å²) in [7, 11) is -3.63. The van der Waals surface area contributed by atoms with Gasteiger partial charge in [-0.1, -0.05) is 11.6 Å². The molecule has 0 unspecified atom stereocenters. The molecule has 3 rings (SSSR count). The van der Waals surface area contributed by atoms with Crippen molar-refractivity contribution < 1.29 is 17.9 Å². The number of rotatable bonds is 4. The van der Waals surface area contributed by atoms with Crippen LogP contribution < -0.4 is 5.32 Å². The van der Waals surface area contributed by atoms with Crippen molar-refractivity contribution in [2.24, 2.45) is 0 Å². The second-order valence-electron chi connectivity index (χ2n) is 6.56. The van der Waals surface area contributed by atoms with E-state index in [0.717, 1.165) is 0 Å². The van der Waals surface area contributed by atoms with Crippen molar-refractivity contribution in [1.29, 1.82) is 0 Å². The number of anilines is 1. The zero-order valence-corrected chi connectivity index (χ0v) is 16.6. The molecule has 8 heteroatoms. The molecule has 1 aliphatic rings. The summed E-state index contributed by atoms with van der Waals surface area (Å²) < 4.78 is 32.7. The smallest absolute Gasteiger partial charge is 0.255 e. The first kappa shape index (κ1) is 19.8. The van der Waals surface area contributed by atoms with Gasteiger partial charge in [0.15, 0.2) is 0 Å². The fraction of sp³-hybridized carbons (Fsp3) is 0.316. The van der Waals surface area contributed by atoms with Gasteiger partial charge in [0, 0.05) is 29.4 Å². The zero-order chi connectivity index (χ0) is 19.6. The van der Waals surface area contributed by atoms with Crippen LogP contribution in [0.4, 0.5) is 5.69 Å². The van der Waals surface area contributed by atoms with Gasteiger partial charge in [-0.05, 0) is 62.4 Å². The molecule has 1 N–H and O–H groups in total. The number of halogens is 1. The maximum atomic E-state index is 12.8. The predicted octanol–water partition coefficient (Wildman–Crippen LogP) is 3.39. The van der Waals surface area contributed by atoms with E-state index in [9.17, 15) is 13.2 Å². The average Bonchev–Trinajstić information content (AvgIpc) is 2.63. The lowest BCUT2D eigenvalue weighted by Gasteiger charge is -2.34. The normalized spacial score (nSPS) is 21.0. The minimum absolute atomic E-state index is 0.159. The standard InChI is InChI=1S/C19H21ClN2O4S/c1-13-11-22(12-14(2)26-13)27(24,25)18-9-3-15(4-10-18)19(23)21-17-7-5-16(20)6-8-17/h3-10,13-14H,11-12H2,1-2H3,(H,21,23)/t13-,14-/m0/s1. The van der Waals surface area contributed by atoms with Gasteiger partial charge in [-0.25, -0.2) is 8.42 Å². The van der Waals surface area contributed by atoms with Crippen molar-refractivity contribution in [3.63, 3.8) is 0 Å². The van der Waals surface area contributed by atoms with E-state index in [4.69, 9.17) is 16.3 Å². The SMILES string of the molecule is C[C@H]1CN(S(=O)(=O)c2ccc(C(=O)Nc3ccc(Cl)cc3)cc2)C[C@H](C)O1. The Labute approximate surface area is 164 Å². The van der Waals surface area contributed by atoms with E-state index < -0.39 is 10.0 Å². The highest BCUT2D eigenvalue weighted by atomic mass is 35.5. The molecule has 0 bridgehead atoms. The molecular weight excluding hydrogens is 388 g/mol. The summed E-state index contributed by atoms with van der Waals surface area (Å²) in [5, 5.41) is 3.32. The van der Waals surface area contributed by atoms with Crippen LogP contribution in [-0.4, -0.2) is 43.9 Å². The number of morpholine rings is 1. The molecule has 0 aliphatic carbocycles. The lowest BCUT2D eigenvalue weighted by atomic mass is 10.2. The summed E-state index contributed by atoms with van der Waals surface area (Å²) in [6, 6.07) is 12.7. The first-order chi connectivity index (χ1) is 12.8. The number of ether oxygens (including phenoxy) is 1. The Balaban J connectivity index is 1.74. The van der Waals surface area contributed by atoms with Gasteiger partial charge in [0.25, 0.3) is 5.91 Å². The quantitative estimate of drug-likeness (QED) is 0.841. The van der Waals surface area contributed by atoms with Crippen molar-refractivity contribution in [3.8, 4) is 0 Å². The number of hydrogen-bond donors (Lipinski definition) is 1. The first-order valence-corrected chi connectivity index (χ1v) is 10.4. The summed E-state index contributed by atoms with van der Waals surface area (Å²) in [6.45, 7) is 4.32. The molecule has 0 radical (unpaired) electrons. The number of carbonyl (C=O) groups is 1. The van der Waals surface area contributed by atoms with Crippen LogP contribution >= 0.6 is 11.6 Å². The summed E-state index contributed by atoms with van der Waals surface area (Å²) in [6.07, 6.45) is -0.319. The van der Waals surface area contributed by atoms with Gasteiger partial charge in [0.1, 0.15) is 0 Å². The molecule has 0 spiro atoms. The van der Waals surface area contributed by atoms with E-state index in [1.54, 1.807) is 24.3 Å². The van der Waals surface area contributed by atoms with Gasteiger partial charge in [0.05, 0.1) is 17.1 Å². The second kappa shape index (κ2) is 7.98. The van der Waals surface area contributed by atoms with Crippen molar-refractivity contribution in [2.45, 2.75) is 31.0 Å². The number of benzene rings is 2. The largest absolute Gasteiger partial charge is 0.373 e. The van der Waals surface area contributed by atoms with Gasteiger partial charge in [0.2, 0.25) is 10.0 Å². The van der Waals surface area contributed by atoms with Gasteiger partial charge in [-0.15, -0.1) is 0 Å². The monoisotopic (exact) mass is 408 g/mol. The number of sulfonamides is 1. The Bertz CT molecular complexity index is 904. The van der Waals surface area contributed by atoms with Crippen molar-refractivity contribution in [2.75, 3.05) is 18.4 Å². The molecule has 2 aromatic rings. The number of hydrogen-bond acceptors (Lipinski definition) is 4. The summed E-state index contributed by atoms with van der Waals surface area (Å²) >= 11 is 5.83. The molecule has 1 aliphatic heterocycles. The number of nitrogens with one attached hydrogen (secondary N) is 1. The highest BCUT2D eigenvalue weighted by molar-refractivity contribution is 7.89. The Morgan fingerprint density at radius 2 is 1.59 bits per heavy atom. The molecule has 1 heterocycles. The van der Waals surface area contributed by atoms with E-state index in [-0.39, 0.29) is 23.0 Å².